The Kier molecular flexibility index (Phi) is 4.57. The molecule has 1 aliphatic carbocycles. The Hall–Kier alpha value is -0.870. The molecule has 1 aromatic rings. The molecule has 1 saturated carbocycles. The highest BCUT2D eigenvalue weighted by Gasteiger charge is 2.26. The summed E-state index contributed by atoms with van der Waals surface area (Å²) in [6, 6.07) is 4.42. The van der Waals surface area contributed by atoms with Crippen LogP contribution >= 0.6 is 11.3 Å². The molecule has 1 aromatic heterocycles. The van der Waals surface area contributed by atoms with Crippen LogP contribution in [0.3, 0.4) is 0 Å². The third kappa shape index (κ3) is 3.54. The van der Waals surface area contributed by atoms with Crippen LogP contribution in [0.4, 0.5) is 0 Å². The van der Waals surface area contributed by atoms with Crippen molar-refractivity contribution in [3.8, 4) is 0 Å². The second kappa shape index (κ2) is 6.17. The van der Waals surface area contributed by atoms with Crippen LogP contribution in [0.5, 0.6) is 0 Å². The second-order valence-corrected chi connectivity index (χ2v) is 5.71. The first-order valence-corrected chi connectivity index (χ1v) is 7.19. The summed E-state index contributed by atoms with van der Waals surface area (Å²) in [6.07, 6.45) is 4.88. The van der Waals surface area contributed by atoms with Crippen molar-refractivity contribution in [1.82, 2.24) is 5.32 Å². The Bertz CT molecular complexity index is 350. The zero-order chi connectivity index (χ0) is 12.1. The highest BCUT2D eigenvalue weighted by atomic mass is 32.1. The predicted molar refractivity (Wildman–Crippen MR) is 71.0 cm³/mol. The summed E-state index contributed by atoms with van der Waals surface area (Å²) in [5.41, 5.74) is 5.70. The molecule has 1 aliphatic rings. The van der Waals surface area contributed by atoms with Crippen LogP contribution in [-0.4, -0.2) is 18.5 Å². The number of aryl methyl sites for hydroxylation is 1. The van der Waals surface area contributed by atoms with Gasteiger partial charge in [0.15, 0.2) is 0 Å². The zero-order valence-corrected chi connectivity index (χ0v) is 10.8. The quantitative estimate of drug-likeness (QED) is 0.841. The van der Waals surface area contributed by atoms with E-state index in [0.29, 0.717) is 24.9 Å². The largest absolute Gasteiger partial charge is 0.353 e. The van der Waals surface area contributed by atoms with Gasteiger partial charge >= 0.3 is 0 Å². The molecule has 1 amide bonds. The minimum atomic E-state index is 0.170. The highest BCUT2D eigenvalue weighted by Crippen LogP contribution is 2.24. The maximum Gasteiger partial charge on any atom is 0.220 e. The van der Waals surface area contributed by atoms with E-state index in [1.807, 2.05) is 6.07 Å². The molecule has 0 bridgehead atoms. The van der Waals surface area contributed by atoms with Crippen LogP contribution in [0.1, 0.15) is 30.6 Å². The van der Waals surface area contributed by atoms with Crippen molar-refractivity contribution in [3.63, 3.8) is 0 Å². The Balaban J connectivity index is 1.73. The van der Waals surface area contributed by atoms with Crippen LogP contribution in [0, 0.1) is 5.92 Å². The van der Waals surface area contributed by atoms with Crippen LogP contribution < -0.4 is 11.1 Å². The molecule has 0 spiro atoms. The maximum atomic E-state index is 11.8. The maximum absolute atomic E-state index is 11.8. The Labute approximate surface area is 106 Å². The van der Waals surface area contributed by atoms with Crippen molar-refractivity contribution in [2.45, 2.75) is 38.1 Å². The Morgan fingerprint density at radius 3 is 3.12 bits per heavy atom. The zero-order valence-electron chi connectivity index (χ0n) is 10.0. The topological polar surface area (TPSA) is 55.1 Å². The van der Waals surface area contributed by atoms with Gasteiger partial charge in [-0.2, -0.15) is 0 Å². The molecule has 0 radical (unpaired) electrons. The summed E-state index contributed by atoms with van der Waals surface area (Å²) < 4.78 is 0. The molecule has 94 valence electrons. The van der Waals surface area contributed by atoms with Crippen LogP contribution in [0.25, 0.3) is 0 Å². The van der Waals surface area contributed by atoms with Gasteiger partial charge < -0.3 is 11.1 Å². The number of nitrogens with two attached hydrogens (primary N) is 1. The first-order valence-electron chi connectivity index (χ1n) is 6.31. The number of hydrogen-bond donors (Lipinski definition) is 2. The Morgan fingerprint density at radius 1 is 1.53 bits per heavy atom. The summed E-state index contributed by atoms with van der Waals surface area (Å²) in [4.78, 5) is 13.1. The summed E-state index contributed by atoms with van der Waals surface area (Å²) >= 11 is 1.71. The molecule has 4 heteroatoms. The molecule has 2 unspecified atom stereocenters. The molecule has 0 saturated heterocycles. The molecule has 2 atom stereocenters. The monoisotopic (exact) mass is 252 g/mol. The molecular weight excluding hydrogens is 232 g/mol. The fraction of sp³-hybridized carbons (Fsp3) is 0.615. The van der Waals surface area contributed by atoms with Crippen LogP contribution in [0.2, 0.25) is 0 Å². The number of hydrogen-bond acceptors (Lipinski definition) is 3. The molecule has 0 aliphatic heterocycles. The van der Waals surface area contributed by atoms with Crippen LogP contribution in [-0.2, 0) is 11.2 Å². The van der Waals surface area contributed by atoms with E-state index < -0.39 is 0 Å². The van der Waals surface area contributed by atoms with Gasteiger partial charge in [-0.25, -0.2) is 0 Å². The van der Waals surface area contributed by atoms with Gasteiger partial charge in [-0.1, -0.05) is 12.5 Å². The van der Waals surface area contributed by atoms with Crippen molar-refractivity contribution in [2.75, 3.05) is 6.54 Å². The first kappa shape index (κ1) is 12.6. The van der Waals surface area contributed by atoms with E-state index >= 15 is 0 Å². The number of carbonyl (C=O) groups excluding carboxylic acids is 1. The van der Waals surface area contributed by atoms with E-state index in [4.69, 9.17) is 5.73 Å². The summed E-state index contributed by atoms with van der Waals surface area (Å²) in [6.45, 7) is 0.690. The fourth-order valence-electron chi connectivity index (χ4n) is 2.48. The molecule has 3 nitrogen and oxygen atoms in total. The average molecular weight is 252 g/mol. The first-order chi connectivity index (χ1) is 8.29. The number of amides is 1. The van der Waals surface area contributed by atoms with Crippen molar-refractivity contribution in [3.05, 3.63) is 22.4 Å². The SMILES string of the molecule is NCC1CCCC1NC(=O)CCc1cccs1. The second-order valence-electron chi connectivity index (χ2n) is 4.68. The van der Waals surface area contributed by atoms with Crippen molar-refractivity contribution < 1.29 is 4.79 Å². The molecule has 3 N–H and O–H groups in total. The number of nitrogens with one attached hydrogen (secondary N) is 1. The van der Waals surface area contributed by atoms with Crippen LogP contribution in [0.15, 0.2) is 17.5 Å². The lowest BCUT2D eigenvalue weighted by Crippen LogP contribution is -2.39. The van der Waals surface area contributed by atoms with E-state index in [0.717, 1.165) is 19.3 Å². The van der Waals surface area contributed by atoms with E-state index in [9.17, 15) is 4.79 Å². The summed E-state index contributed by atoms with van der Waals surface area (Å²) in [7, 11) is 0. The molecule has 2 rings (SSSR count). The van der Waals surface area contributed by atoms with Gasteiger partial charge in [0.2, 0.25) is 5.91 Å². The minimum absolute atomic E-state index is 0.170. The van der Waals surface area contributed by atoms with Gasteiger partial charge in [0.05, 0.1) is 0 Å². The lowest BCUT2D eigenvalue weighted by molar-refractivity contribution is -0.121. The molecule has 1 fully saturated rings. The number of carbonyl (C=O) groups is 1. The smallest absolute Gasteiger partial charge is 0.220 e. The van der Waals surface area contributed by atoms with E-state index in [-0.39, 0.29) is 5.91 Å². The minimum Gasteiger partial charge on any atom is -0.353 e. The van der Waals surface area contributed by atoms with Gasteiger partial charge in [0.1, 0.15) is 0 Å². The van der Waals surface area contributed by atoms with Gasteiger partial charge in [0.25, 0.3) is 0 Å². The predicted octanol–water partition coefficient (Wildman–Crippen LogP) is 1.92. The van der Waals surface area contributed by atoms with Gasteiger partial charge in [-0.05, 0) is 43.2 Å². The van der Waals surface area contributed by atoms with Crippen molar-refractivity contribution >= 4 is 17.2 Å². The number of rotatable bonds is 5. The van der Waals surface area contributed by atoms with Crippen molar-refractivity contribution in [1.29, 1.82) is 0 Å². The summed E-state index contributed by atoms with van der Waals surface area (Å²) in [5.74, 6) is 0.657. The number of thiophene rings is 1. The molecule has 17 heavy (non-hydrogen) atoms. The molecule has 0 aromatic carbocycles. The molecule has 1 heterocycles. The molecular formula is C13H20N2OS. The van der Waals surface area contributed by atoms with Gasteiger partial charge in [0, 0.05) is 17.3 Å². The summed E-state index contributed by atoms with van der Waals surface area (Å²) in [5, 5.41) is 5.18. The normalized spacial score (nSPS) is 23.8. The highest BCUT2D eigenvalue weighted by molar-refractivity contribution is 7.09. The fourth-order valence-corrected chi connectivity index (χ4v) is 3.19. The van der Waals surface area contributed by atoms with Crippen molar-refractivity contribution in [2.24, 2.45) is 11.7 Å². The van der Waals surface area contributed by atoms with E-state index in [1.165, 1.54) is 11.3 Å². The van der Waals surface area contributed by atoms with E-state index in [2.05, 4.69) is 16.8 Å². The standard InChI is InChI=1S/C13H20N2OS/c14-9-10-3-1-5-12(10)15-13(16)7-6-11-4-2-8-17-11/h2,4,8,10,12H,1,3,5-7,9,14H2,(H,15,16). The van der Waals surface area contributed by atoms with E-state index in [1.54, 1.807) is 11.3 Å². The average Bonchev–Trinajstić information content (AvgIpc) is 2.97. The lowest BCUT2D eigenvalue weighted by atomic mass is 10.0. The third-order valence-corrected chi connectivity index (χ3v) is 4.42. The van der Waals surface area contributed by atoms with Gasteiger partial charge in [-0.3, -0.25) is 4.79 Å². The Morgan fingerprint density at radius 2 is 2.41 bits per heavy atom. The van der Waals surface area contributed by atoms with Gasteiger partial charge in [-0.15, -0.1) is 11.3 Å². The lowest BCUT2D eigenvalue weighted by Gasteiger charge is -2.19. The third-order valence-electron chi connectivity index (χ3n) is 3.49.